The molecule has 0 bridgehead atoms. The SMILES string of the molecule is O=C(Cn1c(=O)n(-c2ccc(Cl)cc2)c(=O)c2sccc21)NCc1ccc2c(c1)OCO2. The van der Waals surface area contributed by atoms with Crippen molar-refractivity contribution in [2.45, 2.75) is 13.1 Å². The first kappa shape index (κ1) is 20.3. The van der Waals surface area contributed by atoms with Gasteiger partial charge in [-0.3, -0.25) is 14.2 Å². The number of nitrogens with one attached hydrogen (secondary N) is 1. The quantitative estimate of drug-likeness (QED) is 0.485. The van der Waals surface area contributed by atoms with E-state index in [1.807, 2.05) is 6.07 Å². The summed E-state index contributed by atoms with van der Waals surface area (Å²) in [5.41, 5.74) is 0.616. The molecule has 2 aromatic heterocycles. The fourth-order valence-electron chi connectivity index (χ4n) is 3.51. The normalized spacial score (nSPS) is 12.3. The van der Waals surface area contributed by atoms with E-state index in [9.17, 15) is 14.4 Å². The standard InChI is InChI=1S/C22H16ClN3O5S/c23-14-2-4-15(5-3-14)26-21(28)20-16(7-8-32-20)25(22(26)29)11-19(27)24-10-13-1-6-17-18(9-13)31-12-30-17/h1-9H,10-12H2,(H,24,27). The van der Waals surface area contributed by atoms with Gasteiger partial charge in [0.15, 0.2) is 11.5 Å². The summed E-state index contributed by atoms with van der Waals surface area (Å²) in [6, 6.07) is 13.5. The predicted molar refractivity (Wildman–Crippen MR) is 121 cm³/mol. The molecule has 0 unspecified atom stereocenters. The zero-order chi connectivity index (χ0) is 22.2. The molecule has 0 saturated heterocycles. The maximum atomic E-state index is 13.2. The number of fused-ring (bicyclic) bond motifs is 2. The van der Waals surface area contributed by atoms with Crippen molar-refractivity contribution in [1.82, 2.24) is 14.5 Å². The van der Waals surface area contributed by atoms with Crippen LogP contribution in [0.1, 0.15) is 5.56 Å². The Kier molecular flexibility index (Phi) is 5.20. The first-order valence-corrected chi connectivity index (χ1v) is 10.9. The van der Waals surface area contributed by atoms with Crippen LogP contribution in [0, 0.1) is 0 Å². The van der Waals surface area contributed by atoms with Crippen molar-refractivity contribution in [3.05, 3.63) is 85.3 Å². The number of hydrogen-bond acceptors (Lipinski definition) is 6. The Hall–Kier alpha value is -3.56. The third-order valence-corrected chi connectivity index (χ3v) is 6.21. The van der Waals surface area contributed by atoms with Crippen molar-refractivity contribution in [3.63, 3.8) is 0 Å². The smallest absolute Gasteiger partial charge is 0.336 e. The average Bonchev–Trinajstić information content (AvgIpc) is 3.46. The molecule has 0 radical (unpaired) electrons. The van der Waals surface area contributed by atoms with Crippen LogP contribution in [-0.2, 0) is 17.9 Å². The number of carbonyl (C=O) groups is 1. The summed E-state index contributed by atoms with van der Waals surface area (Å²) < 4.78 is 13.4. The van der Waals surface area contributed by atoms with Gasteiger partial charge in [-0.2, -0.15) is 0 Å². The Morgan fingerprint density at radius 3 is 2.66 bits per heavy atom. The minimum absolute atomic E-state index is 0.175. The molecule has 0 atom stereocenters. The number of amides is 1. The second-order valence-corrected chi connectivity index (χ2v) is 8.44. The molecule has 0 aliphatic carbocycles. The van der Waals surface area contributed by atoms with Crippen LogP contribution in [0.4, 0.5) is 0 Å². The van der Waals surface area contributed by atoms with Crippen molar-refractivity contribution in [2.75, 3.05) is 6.79 Å². The van der Waals surface area contributed by atoms with Crippen LogP contribution in [0.15, 0.2) is 63.5 Å². The van der Waals surface area contributed by atoms with Crippen molar-refractivity contribution in [1.29, 1.82) is 0 Å². The monoisotopic (exact) mass is 469 g/mol. The molecule has 10 heteroatoms. The van der Waals surface area contributed by atoms with Gasteiger partial charge in [0, 0.05) is 11.6 Å². The molecule has 0 spiro atoms. The van der Waals surface area contributed by atoms with Crippen LogP contribution in [0.3, 0.4) is 0 Å². The molecule has 2 aromatic carbocycles. The lowest BCUT2D eigenvalue weighted by Gasteiger charge is -2.13. The Labute approximate surface area is 190 Å². The van der Waals surface area contributed by atoms with Gasteiger partial charge in [0.1, 0.15) is 11.2 Å². The highest BCUT2D eigenvalue weighted by molar-refractivity contribution is 7.17. The van der Waals surface area contributed by atoms with Crippen molar-refractivity contribution >= 4 is 39.1 Å². The highest BCUT2D eigenvalue weighted by atomic mass is 35.5. The van der Waals surface area contributed by atoms with E-state index in [4.69, 9.17) is 21.1 Å². The summed E-state index contributed by atoms with van der Waals surface area (Å²) in [6.45, 7) is 0.201. The Morgan fingerprint density at radius 1 is 1.06 bits per heavy atom. The summed E-state index contributed by atoms with van der Waals surface area (Å²) >= 11 is 7.16. The number of hydrogen-bond donors (Lipinski definition) is 1. The minimum atomic E-state index is -0.596. The maximum Gasteiger partial charge on any atom is 0.336 e. The molecule has 1 aliphatic rings. The van der Waals surface area contributed by atoms with Gasteiger partial charge in [-0.15, -0.1) is 11.3 Å². The van der Waals surface area contributed by atoms with Crippen molar-refractivity contribution < 1.29 is 14.3 Å². The number of carbonyl (C=O) groups excluding carboxylic acids is 1. The first-order chi connectivity index (χ1) is 15.5. The average molecular weight is 470 g/mol. The molecule has 5 rings (SSSR count). The molecule has 8 nitrogen and oxygen atoms in total. The molecular formula is C22H16ClN3O5S. The Morgan fingerprint density at radius 2 is 1.84 bits per heavy atom. The Balaban J connectivity index is 1.44. The van der Waals surface area contributed by atoms with Gasteiger partial charge < -0.3 is 14.8 Å². The summed E-state index contributed by atoms with van der Waals surface area (Å²) in [4.78, 5) is 38.8. The zero-order valence-corrected chi connectivity index (χ0v) is 18.1. The second-order valence-electron chi connectivity index (χ2n) is 7.09. The zero-order valence-electron chi connectivity index (χ0n) is 16.5. The molecule has 162 valence electrons. The number of halogens is 1. The van der Waals surface area contributed by atoms with Crippen molar-refractivity contribution in [2.24, 2.45) is 0 Å². The Bertz CT molecular complexity index is 1460. The molecule has 32 heavy (non-hydrogen) atoms. The number of benzene rings is 2. The number of aromatic nitrogens is 2. The van der Waals surface area contributed by atoms with E-state index in [0.29, 0.717) is 32.4 Å². The largest absolute Gasteiger partial charge is 0.454 e. The first-order valence-electron chi connectivity index (χ1n) is 9.65. The summed E-state index contributed by atoms with van der Waals surface area (Å²) in [6.07, 6.45) is 0. The van der Waals surface area contributed by atoms with Crippen LogP contribution in [0.25, 0.3) is 15.9 Å². The summed E-state index contributed by atoms with van der Waals surface area (Å²) in [7, 11) is 0. The maximum absolute atomic E-state index is 13.2. The molecule has 1 N–H and O–H groups in total. The summed E-state index contributed by atoms with van der Waals surface area (Å²) in [5, 5.41) is 5.02. The third kappa shape index (κ3) is 3.65. The van der Waals surface area contributed by atoms with E-state index >= 15 is 0 Å². The molecule has 4 aromatic rings. The summed E-state index contributed by atoms with van der Waals surface area (Å²) in [5.74, 6) is 0.928. The van der Waals surface area contributed by atoms with Gasteiger partial charge in [0.2, 0.25) is 12.7 Å². The van der Waals surface area contributed by atoms with Gasteiger partial charge in [0.25, 0.3) is 5.56 Å². The number of thiophene rings is 1. The van der Waals surface area contributed by atoms with Crippen LogP contribution in [-0.4, -0.2) is 21.8 Å². The predicted octanol–water partition coefficient (Wildman–Crippen LogP) is 2.91. The fraction of sp³-hybridized carbons (Fsp3) is 0.136. The number of rotatable bonds is 5. The van der Waals surface area contributed by atoms with Gasteiger partial charge in [0.05, 0.1) is 11.2 Å². The molecule has 0 saturated carbocycles. The molecule has 3 heterocycles. The highest BCUT2D eigenvalue weighted by Gasteiger charge is 2.18. The van der Waals surface area contributed by atoms with E-state index in [2.05, 4.69) is 5.32 Å². The van der Waals surface area contributed by atoms with Crippen LogP contribution >= 0.6 is 22.9 Å². The second kappa shape index (κ2) is 8.18. The van der Waals surface area contributed by atoms with Crippen LogP contribution in [0.2, 0.25) is 5.02 Å². The van der Waals surface area contributed by atoms with E-state index in [1.165, 1.54) is 15.9 Å². The number of ether oxygens (including phenoxy) is 2. The van der Waals surface area contributed by atoms with E-state index in [-0.39, 0.29) is 25.8 Å². The topological polar surface area (TPSA) is 91.6 Å². The van der Waals surface area contributed by atoms with Gasteiger partial charge in [-0.1, -0.05) is 17.7 Å². The van der Waals surface area contributed by atoms with E-state index in [0.717, 1.165) is 10.1 Å². The van der Waals surface area contributed by atoms with Gasteiger partial charge in [-0.25, -0.2) is 9.36 Å². The van der Waals surface area contributed by atoms with E-state index < -0.39 is 11.2 Å². The lowest BCUT2D eigenvalue weighted by Crippen LogP contribution is -2.41. The van der Waals surface area contributed by atoms with Crippen LogP contribution < -0.4 is 26.0 Å². The molecule has 1 amide bonds. The lowest BCUT2D eigenvalue weighted by atomic mass is 10.2. The molecule has 0 fully saturated rings. The van der Waals surface area contributed by atoms with Gasteiger partial charge >= 0.3 is 5.69 Å². The third-order valence-electron chi connectivity index (χ3n) is 5.07. The molecular weight excluding hydrogens is 454 g/mol. The fourth-order valence-corrected chi connectivity index (χ4v) is 4.46. The van der Waals surface area contributed by atoms with Crippen LogP contribution in [0.5, 0.6) is 11.5 Å². The highest BCUT2D eigenvalue weighted by Crippen LogP contribution is 2.32. The minimum Gasteiger partial charge on any atom is -0.454 e. The lowest BCUT2D eigenvalue weighted by molar-refractivity contribution is -0.121. The van der Waals surface area contributed by atoms with Crippen molar-refractivity contribution in [3.8, 4) is 17.2 Å². The van der Waals surface area contributed by atoms with E-state index in [1.54, 1.807) is 47.8 Å². The van der Waals surface area contributed by atoms with Gasteiger partial charge in [-0.05, 0) is 53.4 Å². The number of nitrogens with zero attached hydrogens (tertiary/aromatic N) is 2. The molecule has 1 aliphatic heterocycles.